The third-order valence-corrected chi connectivity index (χ3v) is 4.62. The van der Waals surface area contributed by atoms with E-state index in [4.69, 9.17) is 15.2 Å². The summed E-state index contributed by atoms with van der Waals surface area (Å²) in [4.78, 5) is 26.7. The van der Waals surface area contributed by atoms with Crippen LogP contribution in [0.2, 0.25) is 0 Å². The predicted molar refractivity (Wildman–Crippen MR) is 107 cm³/mol. The quantitative estimate of drug-likeness (QED) is 0.387. The fourth-order valence-electron chi connectivity index (χ4n) is 3.41. The van der Waals surface area contributed by atoms with Crippen LogP contribution in [0, 0.1) is 5.82 Å². The number of hydrogen-bond donors (Lipinski definition) is 2. The number of nitrogens with one attached hydrogen (secondary N) is 1. The van der Waals surface area contributed by atoms with Crippen molar-refractivity contribution < 1.29 is 23.5 Å². The highest BCUT2D eigenvalue weighted by Gasteiger charge is 2.18. The molecule has 0 radical (unpaired) electrons. The predicted octanol–water partition coefficient (Wildman–Crippen LogP) is 4.76. The molecule has 0 aliphatic heterocycles. The molecule has 0 saturated carbocycles. The van der Waals surface area contributed by atoms with Gasteiger partial charge in [-0.25, -0.2) is 9.18 Å². The van der Waals surface area contributed by atoms with Crippen LogP contribution in [0.3, 0.4) is 0 Å². The molecular weight excluding hydrogens is 375 g/mol. The van der Waals surface area contributed by atoms with Gasteiger partial charge in [-0.2, -0.15) is 0 Å². The number of H-pyrrole nitrogens is 1. The van der Waals surface area contributed by atoms with Gasteiger partial charge in [-0.15, -0.1) is 0 Å². The fraction of sp³-hybridized carbons (Fsp3) is 0.0909. The van der Waals surface area contributed by atoms with E-state index >= 15 is 0 Å². The molecule has 1 amide bonds. The molecule has 146 valence electrons. The molecule has 4 aromatic rings. The van der Waals surface area contributed by atoms with Crippen molar-refractivity contribution in [3.05, 3.63) is 66.0 Å². The van der Waals surface area contributed by atoms with Crippen LogP contribution in [-0.2, 0) is 4.74 Å². The Morgan fingerprint density at radius 3 is 2.59 bits per heavy atom. The molecule has 0 fully saturated rings. The Hall–Kier alpha value is -3.87. The number of ether oxygens (including phenoxy) is 2. The van der Waals surface area contributed by atoms with E-state index < -0.39 is 12.1 Å². The van der Waals surface area contributed by atoms with Crippen molar-refractivity contribution in [3.63, 3.8) is 0 Å². The molecule has 3 aromatic carbocycles. The molecule has 6 nitrogen and oxygen atoms in total. The number of carbonyl (C=O) groups excluding carboxylic acids is 2. The molecule has 0 aliphatic carbocycles. The van der Waals surface area contributed by atoms with Gasteiger partial charge in [0.15, 0.2) is 0 Å². The number of benzene rings is 3. The first-order valence-electron chi connectivity index (χ1n) is 8.97. The molecule has 0 saturated heterocycles. The summed E-state index contributed by atoms with van der Waals surface area (Å²) in [5, 5.41) is 1.39. The van der Waals surface area contributed by atoms with E-state index in [0.29, 0.717) is 27.5 Å². The summed E-state index contributed by atoms with van der Waals surface area (Å²) in [6, 6.07) is 14.6. The van der Waals surface area contributed by atoms with Crippen molar-refractivity contribution in [3.8, 4) is 16.9 Å². The molecule has 0 bridgehead atoms. The Morgan fingerprint density at radius 2 is 1.86 bits per heavy atom. The molecule has 3 N–H and O–H groups in total. The van der Waals surface area contributed by atoms with Crippen molar-refractivity contribution in [2.75, 3.05) is 6.61 Å². The second kappa shape index (κ2) is 7.27. The Labute approximate surface area is 165 Å². The monoisotopic (exact) mass is 392 g/mol. The van der Waals surface area contributed by atoms with Crippen LogP contribution in [0.1, 0.15) is 17.3 Å². The maximum absolute atomic E-state index is 14.5. The third-order valence-electron chi connectivity index (χ3n) is 4.62. The largest absolute Gasteiger partial charge is 0.513 e. The van der Waals surface area contributed by atoms with Crippen molar-refractivity contribution in [2.24, 2.45) is 5.73 Å². The first-order valence-corrected chi connectivity index (χ1v) is 8.97. The number of halogens is 1. The summed E-state index contributed by atoms with van der Waals surface area (Å²) in [6.07, 6.45) is -0.812. The molecule has 1 aromatic heterocycles. The minimum Gasteiger partial charge on any atom is -0.434 e. The summed E-state index contributed by atoms with van der Waals surface area (Å²) in [7, 11) is 0. The molecule has 0 unspecified atom stereocenters. The number of fused-ring (bicyclic) bond motifs is 3. The van der Waals surface area contributed by atoms with Gasteiger partial charge in [-0.3, -0.25) is 4.79 Å². The Morgan fingerprint density at radius 1 is 1.07 bits per heavy atom. The number of amides is 1. The van der Waals surface area contributed by atoms with Crippen LogP contribution in [0.4, 0.5) is 9.18 Å². The maximum Gasteiger partial charge on any atom is 0.513 e. The smallest absolute Gasteiger partial charge is 0.434 e. The minimum atomic E-state index is -0.812. The number of aromatic amines is 1. The maximum atomic E-state index is 14.5. The van der Waals surface area contributed by atoms with Crippen LogP contribution in [0.25, 0.3) is 32.9 Å². The van der Waals surface area contributed by atoms with E-state index in [9.17, 15) is 14.0 Å². The first kappa shape index (κ1) is 18.5. The Bertz CT molecular complexity index is 1260. The van der Waals surface area contributed by atoms with Gasteiger partial charge < -0.3 is 20.2 Å². The van der Waals surface area contributed by atoms with E-state index in [0.717, 1.165) is 5.39 Å². The molecule has 0 aliphatic rings. The lowest BCUT2D eigenvalue weighted by Crippen LogP contribution is -2.11. The zero-order valence-corrected chi connectivity index (χ0v) is 15.5. The Kier molecular flexibility index (Phi) is 4.64. The van der Waals surface area contributed by atoms with Gasteiger partial charge in [-0.1, -0.05) is 24.3 Å². The van der Waals surface area contributed by atoms with Crippen molar-refractivity contribution in [2.45, 2.75) is 6.92 Å². The summed E-state index contributed by atoms with van der Waals surface area (Å²) in [6.45, 7) is 1.87. The van der Waals surface area contributed by atoms with Gasteiger partial charge in [0.2, 0.25) is 0 Å². The van der Waals surface area contributed by atoms with Gasteiger partial charge in [0, 0.05) is 22.4 Å². The van der Waals surface area contributed by atoms with Crippen molar-refractivity contribution >= 4 is 33.9 Å². The lowest BCUT2D eigenvalue weighted by Gasteiger charge is -2.08. The molecule has 1 heterocycles. The lowest BCUT2D eigenvalue weighted by molar-refractivity contribution is 0.0999. The van der Waals surface area contributed by atoms with Crippen LogP contribution >= 0.6 is 0 Å². The Balaban J connectivity index is 1.97. The molecule has 7 heteroatoms. The molecule has 0 atom stereocenters. The van der Waals surface area contributed by atoms with Crippen LogP contribution in [0.15, 0.2) is 54.6 Å². The van der Waals surface area contributed by atoms with E-state index in [1.807, 2.05) is 0 Å². The lowest BCUT2D eigenvalue weighted by atomic mass is 9.96. The van der Waals surface area contributed by atoms with Gasteiger partial charge in [0.1, 0.15) is 11.6 Å². The van der Waals surface area contributed by atoms with Crippen molar-refractivity contribution in [1.82, 2.24) is 4.98 Å². The average molecular weight is 392 g/mol. The number of aromatic nitrogens is 1. The summed E-state index contributed by atoms with van der Waals surface area (Å²) < 4.78 is 24.4. The van der Waals surface area contributed by atoms with Crippen LogP contribution < -0.4 is 10.5 Å². The standard InChI is InChI=1S/C22H17FN2O4/c1-2-28-22(27)29-12-7-8-15-18(11-12)25-20-16(21(24)26)10-9-14(19(15)20)13-5-3-4-6-17(13)23/h3-11,25H,2H2,1H3,(H2,24,26). The number of carbonyl (C=O) groups is 2. The molecular formula is C22H17FN2O4. The zero-order chi connectivity index (χ0) is 20.5. The third kappa shape index (κ3) is 3.27. The van der Waals surface area contributed by atoms with Gasteiger partial charge in [0.05, 0.1) is 23.2 Å². The number of hydrogen-bond acceptors (Lipinski definition) is 4. The van der Waals surface area contributed by atoms with Gasteiger partial charge >= 0.3 is 6.16 Å². The van der Waals surface area contributed by atoms with E-state index in [-0.39, 0.29) is 23.7 Å². The number of primary amides is 1. The fourth-order valence-corrected chi connectivity index (χ4v) is 3.41. The minimum absolute atomic E-state index is 0.196. The van der Waals surface area contributed by atoms with E-state index in [1.165, 1.54) is 6.07 Å². The zero-order valence-electron chi connectivity index (χ0n) is 15.5. The summed E-state index contributed by atoms with van der Waals surface area (Å²) in [5.74, 6) is -0.711. The van der Waals surface area contributed by atoms with Crippen molar-refractivity contribution in [1.29, 1.82) is 0 Å². The molecule has 29 heavy (non-hydrogen) atoms. The normalized spacial score (nSPS) is 11.0. The van der Waals surface area contributed by atoms with E-state index in [2.05, 4.69) is 4.98 Å². The van der Waals surface area contributed by atoms with Gasteiger partial charge in [0.25, 0.3) is 5.91 Å². The SMILES string of the molecule is CCOC(=O)Oc1ccc2c(c1)[nH]c1c(C(N)=O)ccc(-c3ccccc3F)c12. The highest BCUT2D eigenvalue weighted by atomic mass is 19.1. The number of rotatable bonds is 4. The highest BCUT2D eigenvalue weighted by Crippen LogP contribution is 2.38. The van der Waals surface area contributed by atoms with E-state index in [1.54, 1.807) is 55.5 Å². The highest BCUT2D eigenvalue weighted by molar-refractivity contribution is 6.20. The molecule has 4 rings (SSSR count). The van der Waals surface area contributed by atoms with Crippen LogP contribution in [0.5, 0.6) is 5.75 Å². The molecule has 0 spiro atoms. The summed E-state index contributed by atoms with van der Waals surface area (Å²) >= 11 is 0. The second-order valence-corrected chi connectivity index (χ2v) is 6.37. The van der Waals surface area contributed by atoms with Crippen LogP contribution in [-0.4, -0.2) is 23.7 Å². The summed E-state index contributed by atoms with van der Waals surface area (Å²) in [5.41, 5.74) is 7.93. The first-order chi connectivity index (χ1) is 14.0. The average Bonchev–Trinajstić information content (AvgIpc) is 3.06. The second-order valence-electron chi connectivity index (χ2n) is 6.37. The number of nitrogens with two attached hydrogens (primary N) is 1. The topological polar surface area (TPSA) is 94.4 Å². The van der Waals surface area contributed by atoms with Gasteiger partial charge in [-0.05, 0) is 36.8 Å².